The first kappa shape index (κ1) is 14.4. The highest BCUT2D eigenvalue weighted by Gasteiger charge is 2.25. The zero-order chi connectivity index (χ0) is 12.9. The van der Waals surface area contributed by atoms with Gasteiger partial charge in [-0.3, -0.25) is 4.79 Å². The number of sulfonamides is 1. The van der Waals surface area contributed by atoms with Gasteiger partial charge in [0.2, 0.25) is 10.0 Å². The molecule has 100 valence electrons. The molecule has 1 rings (SSSR count). The molecule has 0 bridgehead atoms. The van der Waals surface area contributed by atoms with Crippen molar-refractivity contribution < 1.29 is 18.3 Å². The molecular weight excluding hydrogens is 244 g/mol. The molecule has 6 nitrogen and oxygen atoms in total. The van der Waals surface area contributed by atoms with Crippen LogP contribution >= 0.6 is 0 Å². The molecule has 0 radical (unpaired) electrons. The van der Waals surface area contributed by atoms with Crippen LogP contribution in [0.4, 0.5) is 0 Å². The monoisotopic (exact) mass is 264 g/mol. The summed E-state index contributed by atoms with van der Waals surface area (Å²) in [6.45, 7) is 0. The highest BCUT2D eigenvalue weighted by Crippen LogP contribution is 2.17. The molecule has 0 aromatic heterocycles. The number of carboxylic acid groups (broad SMARTS) is 1. The number of hydrogen-bond donors (Lipinski definition) is 3. The zero-order valence-electron chi connectivity index (χ0n) is 9.76. The largest absolute Gasteiger partial charge is 0.481 e. The van der Waals surface area contributed by atoms with E-state index in [4.69, 9.17) is 10.8 Å². The van der Waals surface area contributed by atoms with Gasteiger partial charge in [0.05, 0.1) is 5.75 Å². The van der Waals surface area contributed by atoms with Crippen molar-refractivity contribution in [3.05, 3.63) is 0 Å². The lowest BCUT2D eigenvalue weighted by atomic mass is 9.92. The first-order valence-electron chi connectivity index (χ1n) is 5.88. The lowest BCUT2D eigenvalue weighted by Gasteiger charge is -2.28. The van der Waals surface area contributed by atoms with Gasteiger partial charge in [-0.2, -0.15) is 0 Å². The van der Waals surface area contributed by atoms with E-state index in [9.17, 15) is 13.2 Å². The molecule has 4 N–H and O–H groups in total. The molecule has 17 heavy (non-hydrogen) atoms. The van der Waals surface area contributed by atoms with E-state index in [1.54, 1.807) is 0 Å². The molecule has 0 aromatic carbocycles. The smallest absolute Gasteiger partial charge is 0.303 e. The molecule has 0 spiro atoms. The average Bonchev–Trinajstić information content (AvgIpc) is 2.20. The third kappa shape index (κ3) is 5.47. The first-order valence-corrected chi connectivity index (χ1v) is 7.53. The Labute approximate surface area is 102 Å². The molecule has 2 atom stereocenters. The van der Waals surface area contributed by atoms with Crippen molar-refractivity contribution in [1.82, 2.24) is 4.72 Å². The highest BCUT2D eigenvalue weighted by molar-refractivity contribution is 7.89. The lowest BCUT2D eigenvalue weighted by molar-refractivity contribution is -0.137. The fourth-order valence-electron chi connectivity index (χ4n) is 2.01. The van der Waals surface area contributed by atoms with Crippen molar-refractivity contribution >= 4 is 16.0 Å². The molecule has 1 aliphatic rings. The number of rotatable bonds is 6. The SMILES string of the molecule is NC1CCCCC1NS(=O)(=O)CCCC(=O)O. The molecule has 1 aliphatic carbocycles. The Hall–Kier alpha value is -0.660. The Kier molecular flexibility index (Phi) is 5.35. The minimum absolute atomic E-state index is 0.127. The fraction of sp³-hybridized carbons (Fsp3) is 0.900. The summed E-state index contributed by atoms with van der Waals surface area (Å²) in [4.78, 5) is 10.3. The molecular formula is C10H20N2O4S. The zero-order valence-corrected chi connectivity index (χ0v) is 10.6. The summed E-state index contributed by atoms with van der Waals surface area (Å²) in [6, 6.07) is -0.323. The third-order valence-corrected chi connectivity index (χ3v) is 4.44. The van der Waals surface area contributed by atoms with Crippen molar-refractivity contribution in [3.63, 3.8) is 0 Å². The van der Waals surface area contributed by atoms with E-state index in [1.807, 2.05) is 0 Å². The van der Waals surface area contributed by atoms with Gasteiger partial charge in [-0.25, -0.2) is 13.1 Å². The van der Waals surface area contributed by atoms with Crippen LogP contribution in [0.25, 0.3) is 0 Å². The summed E-state index contributed by atoms with van der Waals surface area (Å²) in [5.41, 5.74) is 5.84. The predicted molar refractivity (Wildman–Crippen MR) is 64.0 cm³/mol. The van der Waals surface area contributed by atoms with E-state index < -0.39 is 16.0 Å². The normalized spacial score (nSPS) is 25.7. The van der Waals surface area contributed by atoms with E-state index in [0.717, 1.165) is 25.7 Å². The van der Waals surface area contributed by atoms with Crippen molar-refractivity contribution in [2.45, 2.75) is 50.6 Å². The highest BCUT2D eigenvalue weighted by atomic mass is 32.2. The van der Waals surface area contributed by atoms with Crippen molar-refractivity contribution in [2.75, 3.05) is 5.75 Å². The maximum atomic E-state index is 11.7. The fourth-order valence-corrected chi connectivity index (χ4v) is 3.40. The van der Waals surface area contributed by atoms with E-state index in [2.05, 4.69) is 4.72 Å². The topological polar surface area (TPSA) is 109 Å². The molecule has 7 heteroatoms. The maximum Gasteiger partial charge on any atom is 0.303 e. The standard InChI is InChI=1S/C10H20N2O4S/c11-8-4-1-2-5-9(8)12-17(15,16)7-3-6-10(13)14/h8-9,12H,1-7,11H2,(H,13,14). The predicted octanol–water partition coefficient (Wildman–Crippen LogP) is 0.0405. The van der Waals surface area contributed by atoms with Crippen molar-refractivity contribution in [3.8, 4) is 0 Å². The van der Waals surface area contributed by atoms with Gasteiger partial charge in [-0.1, -0.05) is 12.8 Å². The van der Waals surface area contributed by atoms with Crippen LogP contribution in [0.5, 0.6) is 0 Å². The summed E-state index contributed by atoms with van der Waals surface area (Å²) in [7, 11) is -3.40. The number of aliphatic carboxylic acids is 1. The Morgan fingerprint density at radius 1 is 1.35 bits per heavy atom. The molecule has 0 aliphatic heterocycles. The quantitative estimate of drug-likeness (QED) is 0.627. The molecule has 0 heterocycles. The number of carboxylic acids is 1. The summed E-state index contributed by atoms with van der Waals surface area (Å²) < 4.78 is 25.9. The van der Waals surface area contributed by atoms with Gasteiger partial charge >= 0.3 is 5.97 Å². The summed E-state index contributed by atoms with van der Waals surface area (Å²) >= 11 is 0. The van der Waals surface area contributed by atoms with Crippen LogP contribution in [0.1, 0.15) is 38.5 Å². The van der Waals surface area contributed by atoms with Crippen molar-refractivity contribution in [1.29, 1.82) is 0 Å². The maximum absolute atomic E-state index is 11.7. The van der Waals surface area contributed by atoms with Crippen LogP contribution in [-0.4, -0.2) is 37.3 Å². The summed E-state index contributed by atoms with van der Waals surface area (Å²) in [6.07, 6.45) is 3.63. The average molecular weight is 264 g/mol. The van der Waals surface area contributed by atoms with Gasteiger partial charge in [-0.15, -0.1) is 0 Å². The molecule has 0 amide bonds. The molecule has 0 aromatic rings. The Morgan fingerprint density at radius 3 is 2.59 bits per heavy atom. The van der Waals surface area contributed by atoms with Crippen molar-refractivity contribution in [2.24, 2.45) is 5.73 Å². The minimum atomic E-state index is -3.40. The molecule has 0 saturated heterocycles. The van der Waals surface area contributed by atoms with Crippen LogP contribution in [0.15, 0.2) is 0 Å². The van der Waals surface area contributed by atoms with Crippen LogP contribution in [0.2, 0.25) is 0 Å². The number of hydrogen-bond acceptors (Lipinski definition) is 4. The van der Waals surface area contributed by atoms with E-state index in [-0.39, 0.29) is 30.7 Å². The Morgan fingerprint density at radius 2 is 2.00 bits per heavy atom. The number of nitrogens with two attached hydrogens (primary N) is 1. The van der Waals surface area contributed by atoms with Gasteiger partial charge in [0, 0.05) is 18.5 Å². The summed E-state index contributed by atoms with van der Waals surface area (Å²) in [5, 5.41) is 8.44. The number of carbonyl (C=O) groups is 1. The molecule has 2 unspecified atom stereocenters. The van der Waals surface area contributed by atoms with Gasteiger partial charge in [-0.05, 0) is 19.3 Å². The second-order valence-electron chi connectivity index (χ2n) is 4.49. The van der Waals surface area contributed by atoms with Crippen LogP contribution in [0, 0.1) is 0 Å². The van der Waals surface area contributed by atoms with Gasteiger partial charge in [0.1, 0.15) is 0 Å². The van der Waals surface area contributed by atoms with Gasteiger partial charge in [0.25, 0.3) is 0 Å². The minimum Gasteiger partial charge on any atom is -0.481 e. The first-order chi connectivity index (χ1) is 7.91. The van der Waals surface area contributed by atoms with Crippen LogP contribution in [0.3, 0.4) is 0 Å². The second kappa shape index (κ2) is 6.32. The Balaban J connectivity index is 2.39. The van der Waals surface area contributed by atoms with E-state index in [0.29, 0.717) is 0 Å². The van der Waals surface area contributed by atoms with E-state index in [1.165, 1.54) is 0 Å². The number of nitrogens with one attached hydrogen (secondary N) is 1. The third-order valence-electron chi connectivity index (χ3n) is 2.95. The van der Waals surface area contributed by atoms with Crippen LogP contribution < -0.4 is 10.5 Å². The van der Waals surface area contributed by atoms with Crippen LogP contribution in [-0.2, 0) is 14.8 Å². The molecule has 1 saturated carbocycles. The lowest BCUT2D eigenvalue weighted by Crippen LogP contribution is -2.49. The van der Waals surface area contributed by atoms with Gasteiger partial charge < -0.3 is 10.8 Å². The second-order valence-corrected chi connectivity index (χ2v) is 6.36. The summed E-state index contributed by atoms with van der Waals surface area (Å²) in [5.74, 6) is -1.13. The van der Waals surface area contributed by atoms with E-state index >= 15 is 0 Å². The Bertz CT molecular complexity index is 355. The van der Waals surface area contributed by atoms with Gasteiger partial charge in [0.15, 0.2) is 0 Å². The molecule has 1 fully saturated rings.